The smallest absolute Gasteiger partial charge is 0.234 e. The van der Waals surface area contributed by atoms with E-state index in [-0.39, 0.29) is 0 Å². The molecule has 0 bridgehead atoms. The molecule has 2 nitrogen and oxygen atoms in total. The second-order valence-corrected chi connectivity index (χ2v) is 7.29. The van der Waals surface area contributed by atoms with Gasteiger partial charge in [0.05, 0.1) is 15.3 Å². The molecule has 22 heavy (non-hydrogen) atoms. The van der Waals surface area contributed by atoms with E-state index in [1.54, 1.807) is 11.3 Å². The third kappa shape index (κ3) is 2.44. The summed E-state index contributed by atoms with van der Waals surface area (Å²) in [6, 6.07) is 6.56. The van der Waals surface area contributed by atoms with Crippen molar-refractivity contribution in [3.63, 3.8) is 0 Å². The van der Waals surface area contributed by atoms with Crippen LogP contribution in [0.4, 0.5) is 0 Å². The van der Waals surface area contributed by atoms with Crippen LogP contribution in [0, 0.1) is 20.8 Å². The van der Waals surface area contributed by atoms with Gasteiger partial charge in [-0.05, 0) is 38.0 Å². The Hall–Kier alpha value is -1.74. The number of nitrogens with zero attached hydrogens (tertiary/aromatic N) is 2. The zero-order valence-corrected chi connectivity index (χ0v) is 14.9. The molecule has 0 saturated heterocycles. The summed E-state index contributed by atoms with van der Waals surface area (Å²) in [6.45, 7) is 10.3. The quantitative estimate of drug-likeness (QED) is 0.619. The van der Waals surface area contributed by atoms with Gasteiger partial charge in [0.25, 0.3) is 0 Å². The van der Waals surface area contributed by atoms with E-state index in [1.165, 1.54) is 22.3 Å². The van der Waals surface area contributed by atoms with Crippen LogP contribution in [0.25, 0.3) is 21.5 Å². The lowest BCUT2D eigenvalue weighted by atomic mass is 9.97. The molecule has 2 aromatic heterocycles. The van der Waals surface area contributed by atoms with Gasteiger partial charge < -0.3 is 0 Å². The van der Waals surface area contributed by atoms with E-state index in [0.29, 0.717) is 0 Å². The minimum Gasteiger partial charge on any atom is -0.234 e. The van der Waals surface area contributed by atoms with Crippen LogP contribution in [0.15, 0.2) is 24.4 Å². The Labute approximate surface area is 137 Å². The normalized spacial score (nSPS) is 12.7. The van der Waals surface area contributed by atoms with Gasteiger partial charge in [-0.25, -0.2) is 4.98 Å². The van der Waals surface area contributed by atoms with Crippen molar-refractivity contribution in [3.8, 4) is 11.3 Å². The number of hydrogen-bond acceptors (Lipinski definition) is 2. The number of hydrogen-bond donors (Lipinski definition) is 0. The first-order valence-electron chi connectivity index (χ1n) is 8.06. The molecule has 0 aliphatic rings. The van der Waals surface area contributed by atoms with Gasteiger partial charge in [0.2, 0.25) is 5.69 Å². The van der Waals surface area contributed by atoms with Gasteiger partial charge >= 0.3 is 0 Å². The lowest BCUT2D eigenvalue weighted by Gasteiger charge is -2.09. The van der Waals surface area contributed by atoms with Crippen LogP contribution in [0.5, 0.6) is 0 Å². The lowest BCUT2D eigenvalue weighted by molar-refractivity contribution is -0.659. The number of aromatic nitrogens is 2. The summed E-state index contributed by atoms with van der Waals surface area (Å²) >= 11 is 1.62. The van der Waals surface area contributed by atoms with Crippen molar-refractivity contribution < 1.29 is 5.94 Å². The molecule has 0 saturated carbocycles. The predicted octanol–water partition coefficient (Wildman–Crippen LogP) is 4.84. The third-order valence-electron chi connectivity index (χ3n) is 4.17. The van der Waals surface area contributed by atoms with Gasteiger partial charge in [-0.3, -0.25) is 0 Å². The largest absolute Gasteiger partial charge is 0.239 e. The molecule has 0 amide bonds. The van der Waals surface area contributed by atoms with Gasteiger partial charge in [-0.15, -0.1) is 11.3 Å². The summed E-state index contributed by atoms with van der Waals surface area (Å²) < 4.78 is 11.6. The molecule has 3 rings (SSSR count). The highest BCUT2D eigenvalue weighted by Gasteiger charge is 2.22. The number of fused-ring (bicyclic) bond motifs is 1. The molecule has 0 radical (unpaired) electrons. The van der Waals surface area contributed by atoms with Crippen molar-refractivity contribution in [2.75, 3.05) is 0 Å². The van der Waals surface area contributed by atoms with Gasteiger partial charge in [0, 0.05) is 13.3 Å². The molecule has 0 atom stereocenters. The highest BCUT2D eigenvalue weighted by Crippen LogP contribution is 2.34. The van der Waals surface area contributed by atoms with Crippen LogP contribution in [0.2, 0.25) is 0 Å². The summed E-state index contributed by atoms with van der Waals surface area (Å²) in [5, 5.41) is 0.863. The Morgan fingerprint density at radius 3 is 2.64 bits per heavy atom. The van der Waals surface area contributed by atoms with Gasteiger partial charge in [0.15, 0.2) is 11.7 Å². The summed E-state index contributed by atoms with van der Waals surface area (Å²) in [5.74, 6) is -0.670. The van der Waals surface area contributed by atoms with Crippen LogP contribution in [-0.2, 0) is 7.05 Å². The number of benzene rings is 1. The Bertz CT molecular complexity index is 904. The van der Waals surface area contributed by atoms with E-state index in [0.717, 1.165) is 20.9 Å². The third-order valence-corrected chi connectivity index (χ3v) is 5.42. The zero-order valence-electron chi connectivity index (χ0n) is 15.1. The maximum absolute atomic E-state index is 8.29. The molecule has 0 N–H and O–H groups in total. The summed E-state index contributed by atoms with van der Waals surface area (Å²) in [6.07, 6.45) is 2.09. The highest BCUT2D eigenvalue weighted by atomic mass is 32.1. The van der Waals surface area contributed by atoms with Gasteiger partial charge in [-0.1, -0.05) is 25.5 Å². The fraction of sp³-hybridized carbons (Fsp3) is 0.368. The van der Waals surface area contributed by atoms with E-state index >= 15 is 0 Å². The maximum Gasteiger partial charge on any atom is 0.239 e. The molecule has 0 spiro atoms. The first-order chi connectivity index (χ1) is 10.7. The Kier molecular flexibility index (Phi) is 3.45. The first-order valence-corrected chi connectivity index (χ1v) is 8.38. The zero-order chi connectivity index (χ0) is 16.9. The van der Waals surface area contributed by atoms with Crippen molar-refractivity contribution in [2.24, 2.45) is 7.05 Å². The van der Waals surface area contributed by atoms with Crippen LogP contribution < -0.4 is 4.57 Å². The van der Waals surface area contributed by atoms with E-state index in [9.17, 15) is 0 Å². The Morgan fingerprint density at radius 1 is 1.23 bits per heavy atom. The summed E-state index contributed by atoms with van der Waals surface area (Å²) in [4.78, 5) is 4.83. The molecular weight excluding hydrogens is 288 g/mol. The maximum atomic E-state index is 8.29. The van der Waals surface area contributed by atoms with Gasteiger partial charge in [0.1, 0.15) is 7.05 Å². The SMILES string of the molecule is [2H]C(C)(C)c1nc2c(-c3cc(C)cc(C)c3C)[n+](C)ccc2s1. The fourth-order valence-corrected chi connectivity index (χ4v) is 3.77. The summed E-state index contributed by atoms with van der Waals surface area (Å²) in [7, 11) is 2.07. The molecule has 0 aliphatic heterocycles. The molecule has 0 aliphatic carbocycles. The number of aryl methyl sites for hydroxylation is 3. The standard InChI is InChI=1S/C19H23N2S/c1-11(2)19-20-17-16(22-19)7-8-21(6)18(17)15-10-12(3)9-13(4)14(15)5/h7-11H,1-6H3/q+1/i11D. The van der Waals surface area contributed by atoms with Crippen molar-refractivity contribution in [1.29, 1.82) is 0 Å². The lowest BCUT2D eigenvalue weighted by Crippen LogP contribution is -2.30. The molecule has 0 unspecified atom stereocenters. The molecule has 3 heteroatoms. The Morgan fingerprint density at radius 2 is 1.95 bits per heavy atom. The summed E-state index contributed by atoms with van der Waals surface area (Å²) in [5.41, 5.74) is 7.22. The molecule has 114 valence electrons. The second-order valence-electron chi connectivity index (χ2n) is 6.26. The van der Waals surface area contributed by atoms with Crippen molar-refractivity contribution in [1.82, 2.24) is 4.98 Å². The molecule has 2 heterocycles. The van der Waals surface area contributed by atoms with Crippen molar-refractivity contribution in [2.45, 2.75) is 40.5 Å². The minimum atomic E-state index is -0.670. The minimum absolute atomic E-state index is 0.670. The van der Waals surface area contributed by atoms with Crippen molar-refractivity contribution >= 4 is 21.6 Å². The number of thiazole rings is 1. The van der Waals surface area contributed by atoms with Crippen LogP contribution in [-0.4, -0.2) is 4.98 Å². The first kappa shape index (κ1) is 13.9. The predicted molar refractivity (Wildman–Crippen MR) is 94.5 cm³/mol. The van der Waals surface area contributed by atoms with Crippen LogP contribution >= 0.6 is 11.3 Å². The van der Waals surface area contributed by atoms with Crippen LogP contribution in [0.1, 0.15) is 42.8 Å². The molecular formula is C19H23N2S+. The van der Waals surface area contributed by atoms with Crippen LogP contribution in [0.3, 0.4) is 0 Å². The molecule has 0 fully saturated rings. The number of pyridine rings is 1. The van der Waals surface area contributed by atoms with Crippen molar-refractivity contribution in [3.05, 3.63) is 46.1 Å². The highest BCUT2D eigenvalue weighted by molar-refractivity contribution is 7.18. The fourth-order valence-electron chi connectivity index (χ4n) is 2.85. The Balaban J connectivity index is 2.37. The molecule has 3 aromatic rings. The number of rotatable bonds is 2. The topological polar surface area (TPSA) is 16.8 Å². The average Bonchev–Trinajstić information content (AvgIpc) is 2.87. The van der Waals surface area contributed by atoms with E-state index in [2.05, 4.69) is 56.8 Å². The molecule has 1 aromatic carbocycles. The average molecular weight is 312 g/mol. The van der Waals surface area contributed by atoms with E-state index in [4.69, 9.17) is 6.35 Å². The second kappa shape index (κ2) is 5.47. The monoisotopic (exact) mass is 312 g/mol. The van der Waals surface area contributed by atoms with E-state index in [1.807, 2.05) is 13.8 Å². The van der Waals surface area contributed by atoms with Gasteiger partial charge in [-0.2, -0.15) is 4.57 Å². The van der Waals surface area contributed by atoms with E-state index < -0.39 is 5.89 Å².